The lowest BCUT2D eigenvalue weighted by atomic mass is 10.2. The molecule has 3 aromatic rings. The van der Waals surface area contributed by atoms with Gasteiger partial charge in [0.1, 0.15) is 4.99 Å². The number of fused-ring (bicyclic) bond motifs is 1. The summed E-state index contributed by atoms with van der Waals surface area (Å²) in [5.41, 5.74) is 2.72. The molecule has 0 radical (unpaired) electrons. The summed E-state index contributed by atoms with van der Waals surface area (Å²) in [6.45, 7) is 0. The van der Waals surface area contributed by atoms with Gasteiger partial charge in [0.2, 0.25) is 0 Å². The fourth-order valence-corrected chi connectivity index (χ4v) is 2.14. The van der Waals surface area contributed by atoms with Crippen LogP contribution in [0.25, 0.3) is 10.9 Å². The number of rotatable bonds is 2. The van der Waals surface area contributed by atoms with Gasteiger partial charge >= 0.3 is 0 Å². The zero-order valence-electron chi connectivity index (χ0n) is 10.2. The molecule has 0 saturated heterocycles. The Morgan fingerprint density at radius 2 is 1.58 bits per heavy atom. The predicted molar refractivity (Wildman–Crippen MR) is 83.5 cm³/mol. The molecule has 1 heterocycles. The Kier molecular flexibility index (Phi) is 3.21. The van der Waals surface area contributed by atoms with Crippen molar-refractivity contribution in [3.05, 3.63) is 72.4 Å². The molecule has 0 bridgehead atoms. The Morgan fingerprint density at radius 3 is 2.42 bits per heavy atom. The minimum atomic E-state index is 0.636. The number of para-hydroxylation sites is 2. The standard InChI is InChI=1S/C16H12N2S/c19-16(17-13-7-2-1-3-8-13)15-11-10-12-6-4-5-9-14(12)18-15/h1-11H,(H,17,19). The van der Waals surface area contributed by atoms with Gasteiger partial charge in [-0.1, -0.05) is 54.7 Å². The van der Waals surface area contributed by atoms with Crippen molar-refractivity contribution in [2.24, 2.45) is 0 Å². The molecule has 1 aromatic heterocycles. The number of nitrogens with one attached hydrogen (secondary N) is 1. The van der Waals surface area contributed by atoms with E-state index in [1.165, 1.54) is 0 Å². The fourth-order valence-electron chi connectivity index (χ4n) is 1.91. The quantitative estimate of drug-likeness (QED) is 0.708. The van der Waals surface area contributed by atoms with Crippen LogP contribution < -0.4 is 5.32 Å². The van der Waals surface area contributed by atoms with Crippen LogP contribution in [0, 0.1) is 0 Å². The molecule has 0 atom stereocenters. The Hall–Kier alpha value is -2.26. The van der Waals surface area contributed by atoms with Crippen LogP contribution in [0.3, 0.4) is 0 Å². The molecule has 2 nitrogen and oxygen atoms in total. The van der Waals surface area contributed by atoms with E-state index in [4.69, 9.17) is 12.2 Å². The maximum absolute atomic E-state index is 5.39. The van der Waals surface area contributed by atoms with Crippen molar-refractivity contribution in [2.45, 2.75) is 0 Å². The van der Waals surface area contributed by atoms with E-state index in [0.717, 1.165) is 22.3 Å². The summed E-state index contributed by atoms with van der Waals surface area (Å²) in [6, 6.07) is 21.9. The number of anilines is 1. The first-order valence-corrected chi connectivity index (χ1v) is 6.46. The van der Waals surface area contributed by atoms with Gasteiger partial charge in [0.15, 0.2) is 0 Å². The molecule has 0 spiro atoms. The number of nitrogens with zero attached hydrogens (tertiary/aromatic N) is 1. The average Bonchev–Trinajstić information content (AvgIpc) is 2.48. The first kappa shape index (κ1) is 11.8. The second kappa shape index (κ2) is 5.16. The lowest BCUT2D eigenvalue weighted by Crippen LogP contribution is -2.12. The van der Waals surface area contributed by atoms with Crippen molar-refractivity contribution in [2.75, 3.05) is 5.32 Å². The number of benzene rings is 2. The summed E-state index contributed by atoms with van der Waals surface area (Å²) < 4.78 is 0. The lowest BCUT2D eigenvalue weighted by Gasteiger charge is -2.08. The van der Waals surface area contributed by atoms with E-state index in [1.54, 1.807) is 0 Å². The van der Waals surface area contributed by atoms with E-state index < -0.39 is 0 Å². The predicted octanol–water partition coefficient (Wildman–Crippen LogP) is 4.02. The Labute approximate surface area is 117 Å². The lowest BCUT2D eigenvalue weighted by molar-refractivity contribution is 1.37. The van der Waals surface area contributed by atoms with Crippen LogP contribution in [0.4, 0.5) is 5.69 Å². The molecule has 0 aliphatic carbocycles. The molecule has 2 aromatic carbocycles. The molecule has 0 fully saturated rings. The summed E-state index contributed by atoms with van der Waals surface area (Å²) >= 11 is 5.39. The molecule has 92 valence electrons. The van der Waals surface area contributed by atoms with Crippen LogP contribution in [-0.4, -0.2) is 9.97 Å². The van der Waals surface area contributed by atoms with Gasteiger partial charge in [0.05, 0.1) is 11.2 Å². The van der Waals surface area contributed by atoms with Crippen LogP contribution in [0.5, 0.6) is 0 Å². The van der Waals surface area contributed by atoms with Crippen LogP contribution in [0.15, 0.2) is 66.7 Å². The van der Waals surface area contributed by atoms with Gasteiger partial charge in [-0.25, -0.2) is 4.98 Å². The van der Waals surface area contributed by atoms with Crippen molar-refractivity contribution < 1.29 is 0 Å². The highest BCUT2D eigenvalue weighted by molar-refractivity contribution is 7.81. The monoisotopic (exact) mass is 264 g/mol. The number of hydrogen-bond donors (Lipinski definition) is 1. The van der Waals surface area contributed by atoms with Crippen molar-refractivity contribution in [3.8, 4) is 0 Å². The van der Waals surface area contributed by atoms with Gasteiger partial charge in [0, 0.05) is 11.1 Å². The Balaban J connectivity index is 1.89. The van der Waals surface area contributed by atoms with Crippen molar-refractivity contribution in [3.63, 3.8) is 0 Å². The van der Waals surface area contributed by atoms with Crippen LogP contribution in [-0.2, 0) is 0 Å². The summed E-state index contributed by atoms with van der Waals surface area (Å²) in [7, 11) is 0. The maximum atomic E-state index is 5.39. The van der Waals surface area contributed by atoms with Gasteiger partial charge in [0.25, 0.3) is 0 Å². The molecule has 1 N–H and O–H groups in total. The van der Waals surface area contributed by atoms with Crippen LogP contribution in [0.1, 0.15) is 5.69 Å². The number of thiocarbonyl (C=S) groups is 1. The molecular formula is C16H12N2S. The molecule has 19 heavy (non-hydrogen) atoms. The van der Waals surface area contributed by atoms with Crippen LogP contribution >= 0.6 is 12.2 Å². The van der Waals surface area contributed by atoms with Crippen molar-refractivity contribution in [1.29, 1.82) is 0 Å². The van der Waals surface area contributed by atoms with Gasteiger partial charge in [-0.3, -0.25) is 0 Å². The largest absolute Gasteiger partial charge is 0.345 e. The summed E-state index contributed by atoms with van der Waals surface area (Å²) in [5.74, 6) is 0. The van der Waals surface area contributed by atoms with E-state index >= 15 is 0 Å². The highest BCUT2D eigenvalue weighted by Crippen LogP contribution is 2.14. The van der Waals surface area contributed by atoms with Gasteiger partial charge in [-0.2, -0.15) is 0 Å². The summed E-state index contributed by atoms with van der Waals surface area (Å²) in [6.07, 6.45) is 0. The van der Waals surface area contributed by atoms with Crippen molar-refractivity contribution >= 4 is 33.8 Å². The highest BCUT2D eigenvalue weighted by atomic mass is 32.1. The Morgan fingerprint density at radius 1 is 0.842 bits per heavy atom. The summed E-state index contributed by atoms with van der Waals surface area (Å²) in [4.78, 5) is 5.20. The van der Waals surface area contributed by atoms with E-state index in [0.29, 0.717) is 4.99 Å². The first-order valence-electron chi connectivity index (χ1n) is 6.05. The topological polar surface area (TPSA) is 24.9 Å². The first-order chi connectivity index (χ1) is 9.33. The molecule has 3 heteroatoms. The summed E-state index contributed by atoms with van der Waals surface area (Å²) in [5, 5.41) is 4.31. The third kappa shape index (κ3) is 2.61. The zero-order chi connectivity index (χ0) is 13.1. The molecular weight excluding hydrogens is 252 g/mol. The third-order valence-electron chi connectivity index (χ3n) is 2.86. The number of pyridine rings is 1. The van der Waals surface area contributed by atoms with E-state index in [-0.39, 0.29) is 0 Å². The Bertz CT molecular complexity index is 723. The second-order valence-corrected chi connectivity index (χ2v) is 4.62. The van der Waals surface area contributed by atoms with E-state index in [9.17, 15) is 0 Å². The smallest absolute Gasteiger partial charge is 0.129 e. The highest BCUT2D eigenvalue weighted by Gasteiger charge is 2.04. The zero-order valence-corrected chi connectivity index (χ0v) is 11.0. The molecule has 0 aliphatic heterocycles. The van der Waals surface area contributed by atoms with Crippen LogP contribution in [0.2, 0.25) is 0 Å². The number of aromatic nitrogens is 1. The third-order valence-corrected chi connectivity index (χ3v) is 3.17. The van der Waals surface area contributed by atoms with Crippen molar-refractivity contribution in [1.82, 2.24) is 4.98 Å². The van der Waals surface area contributed by atoms with E-state index in [1.807, 2.05) is 66.7 Å². The van der Waals surface area contributed by atoms with Gasteiger partial charge < -0.3 is 5.32 Å². The molecule has 0 aliphatic rings. The SMILES string of the molecule is S=C(Nc1ccccc1)c1ccc2ccccc2n1. The number of hydrogen-bond acceptors (Lipinski definition) is 2. The van der Waals surface area contributed by atoms with Gasteiger partial charge in [-0.15, -0.1) is 0 Å². The molecule has 0 amide bonds. The van der Waals surface area contributed by atoms with Gasteiger partial charge in [-0.05, 0) is 24.3 Å². The second-order valence-electron chi connectivity index (χ2n) is 4.21. The molecule has 0 saturated carbocycles. The maximum Gasteiger partial charge on any atom is 0.129 e. The van der Waals surface area contributed by atoms with E-state index in [2.05, 4.69) is 10.3 Å². The molecule has 3 rings (SSSR count). The average molecular weight is 264 g/mol. The normalized spacial score (nSPS) is 10.3. The minimum absolute atomic E-state index is 0.636. The molecule has 0 unspecified atom stereocenters. The fraction of sp³-hybridized carbons (Fsp3) is 0. The minimum Gasteiger partial charge on any atom is -0.345 e.